The van der Waals surface area contributed by atoms with Crippen LogP contribution in [0.2, 0.25) is 0 Å². The summed E-state index contributed by atoms with van der Waals surface area (Å²) < 4.78 is 12.6. The fourth-order valence-electron chi connectivity index (χ4n) is 1.31. The highest BCUT2D eigenvalue weighted by Crippen LogP contribution is 2.06. The van der Waals surface area contributed by atoms with E-state index < -0.39 is 0 Å². The summed E-state index contributed by atoms with van der Waals surface area (Å²) in [5.41, 5.74) is 1.13. The van der Waals surface area contributed by atoms with E-state index in [4.69, 9.17) is 0 Å². The number of allylic oxidation sites excluding steroid dienone is 1. The smallest absolute Gasteiger partial charge is 0.123 e. The second kappa shape index (κ2) is 8.96. The van der Waals surface area contributed by atoms with Crippen molar-refractivity contribution in [1.29, 1.82) is 0 Å². The highest BCUT2D eigenvalue weighted by molar-refractivity contribution is 5.16. The normalized spacial score (nSPS) is 9.81. The summed E-state index contributed by atoms with van der Waals surface area (Å²) in [6, 6.07) is 6.64. The van der Waals surface area contributed by atoms with E-state index in [-0.39, 0.29) is 5.82 Å². The van der Waals surface area contributed by atoms with E-state index in [2.05, 4.69) is 11.8 Å². The molecule has 0 aliphatic rings. The van der Waals surface area contributed by atoms with Crippen LogP contribution in [0.1, 0.15) is 33.3 Å². The van der Waals surface area contributed by atoms with E-state index in [1.54, 1.807) is 0 Å². The van der Waals surface area contributed by atoms with Crippen LogP contribution in [0.5, 0.6) is 0 Å². The van der Waals surface area contributed by atoms with Gasteiger partial charge >= 0.3 is 0 Å². The molecule has 1 nitrogen and oxygen atoms in total. The van der Waals surface area contributed by atoms with Crippen LogP contribution < -0.4 is 0 Å². The molecule has 1 rings (SSSR count). The van der Waals surface area contributed by atoms with E-state index in [0.29, 0.717) is 0 Å². The number of halogens is 1. The topological polar surface area (TPSA) is 3.24 Å². The Morgan fingerprint density at radius 3 is 2.19 bits per heavy atom. The van der Waals surface area contributed by atoms with Gasteiger partial charge < -0.3 is 4.90 Å². The Morgan fingerprint density at radius 2 is 1.75 bits per heavy atom. The Balaban J connectivity index is 0.00000106. The molecule has 90 valence electrons. The number of nitrogens with zero attached hydrogens (tertiary/aromatic N) is 1. The molecule has 16 heavy (non-hydrogen) atoms. The van der Waals surface area contributed by atoms with Crippen LogP contribution >= 0.6 is 0 Å². The van der Waals surface area contributed by atoms with Crippen molar-refractivity contribution in [2.75, 3.05) is 6.54 Å². The second-order valence-corrected chi connectivity index (χ2v) is 3.17. The highest BCUT2D eigenvalue weighted by atomic mass is 19.1. The Morgan fingerprint density at radius 1 is 1.19 bits per heavy atom. The first kappa shape index (κ1) is 14.7. The minimum absolute atomic E-state index is 0.178. The summed E-state index contributed by atoms with van der Waals surface area (Å²) >= 11 is 0. The Kier molecular flexibility index (Phi) is 8.22. The minimum atomic E-state index is -0.178. The van der Waals surface area contributed by atoms with Gasteiger partial charge in [-0.15, -0.1) is 0 Å². The molecule has 0 aromatic heterocycles. The summed E-state index contributed by atoms with van der Waals surface area (Å²) in [4.78, 5) is 2.17. The minimum Gasteiger partial charge on any atom is -0.374 e. The van der Waals surface area contributed by atoms with Gasteiger partial charge in [-0.2, -0.15) is 0 Å². The molecule has 1 aromatic rings. The van der Waals surface area contributed by atoms with E-state index in [1.807, 2.05) is 45.2 Å². The number of hydrogen-bond acceptors (Lipinski definition) is 1. The fraction of sp³-hybridized carbons (Fsp3) is 0.429. The van der Waals surface area contributed by atoms with Crippen LogP contribution in [0.3, 0.4) is 0 Å². The zero-order valence-electron chi connectivity index (χ0n) is 10.7. The van der Waals surface area contributed by atoms with Crippen molar-refractivity contribution >= 4 is 0 Å². The number of benzene rings is 1. The van der Waals surface area contributed by atoms with Crippen molar-refractivity contribution in [3.63, 3.8) is 0 Å². The molecule has 0 saturated carbocycles. The third kappa shape index (κ3) is 5.54. The van der Waals surface area contributed by atoms with Crippen LogP contribution in [0, 0.1) is 5.82 Å². The first-order valence-electron chi connectivity index (χ1n) is 5.87. The van der Waals surface area contributed by atoms with Gasteiger partial charge in [0, 0.05) is 13.1 Å². The standard InChI is InChI=1S/C12H16FN.C2H6/c1-3-9-14(4-2)10-11-5-7-12(13)8-6-11;1-2/h3,5-9H,4,10H2,1-2H3;1-2H3/b9-3-;. The molecular formula is C14H22FN. The maximum Gasteiger partial charge on any atom is 0.123 e. The van der Waals surface area contributed by atoms with Crippen molar-refractivity contribution < 1.29 is 4.39 Å². The van der Waals surface area contributed by atoms with Gasteiger partial charge in [0.1, 0.15) is 5.82 Å². The molecule has 0 bridgehead atoms. The molecular weight excluding hydrogens is 201 g/mol. The fourth-order valence-corrected chi connectivity index (χ4v) is 1.31. The molecule has 0 radical (unpaired) electrons. The summed E-state index contributed by atoms with van der Waals surface area (Å²) in [6.45, 7) is 9.89. The van der Waals surface area contributed by atoms with Gasteiger partial charge in [0.25, 0.3) is 0 Å². The Hall–Kier alpha value is -1.31. The van der Waals surface area contributed by atoms with Crippen LogP contribution in [0.25, 0.3) is 0 Å². The lowest BCUT2D eigenvalue weighted by Gasteiger charge is -2.17. The van der Waals surface area contributed by atoms with E-state index >= 15 is 0 Å². The number of rotatable bonds is 4. The van der Waals surface area contributed by atoms with Gasteiger partial charge in [0.2, 0.25) is 0 Å². The molecule has 0 amide bonds. The second-order valence-electron chi connectivity index (χ2n) is 3.17. The van der Waals surface area contributed by atoms with Gasteiger partial charge in [-0.3, -0.25) is 0 Å². The molecule has 0 spiro atoms. The first-order chi connectivity index (χ1) is 7.76. The van der Waals surface area contributed by atoms with Gasteiger partial charge in [0.15, 0.2) is 0 Å². The average molecular weight is 223 g/mol. The lowest BCUT2D eigenvalue weighted by Crippen LogP contribution is -2.15. The molecule has 0 aliphatic carbocycles. The van der Waals surface area contributed by atoms with Gasteiger partial charge in [-0.1, -0.05) is 32.1 Å². The monoisotopic (exact) mass is 223 g/mol. The van der Waals surface area contributed by atoms with Crippen LogP contribution in [0.4, 0.5) is 4.39 Å². The average Bonchev–Trinajstić information content (AvgIpc) is 2.34. The van der Waals surface area contributed by atoms with Gasteiger partial charge in [-0.05, 0) is 37.7 Å². The van der Waals surface area contributed by atoms with Crippen molar-refractivity contribution in [1.82, 2.24) is 4.90 Å². The summed E-state index contributed by atoms with van der Waals surface area (Å²) in [5, 5.41) is 0. The van der Waals surface area contributed by atoms with Crippen LogP contribution in [0.15, 0.2) is 36.5 Å². The van der Waals surface area contributed by atoms with E-state index in [1.165, 1.54) is 12.1 Å². The van der Waals surface area contributed by atoms with Crippen molar-refractivity contribution in [2.45, 2.75) is 34.2 Å². The van der Waals surface area contributed by atoms with Crippen LogP contribution in [-0.2, 0) is 6.54 Å². The first-order valence-corrected chi connectivity index (χ1v) is 5.87. The maximum atomic E-state index is 12.6. The molecule has 0 unspecified atom stereocenters. The lowest BCUT2D eigenvalue weighted by atomic mass is 10.2. The molecule has 0 aliphatic heterocycles. The third-order valence-corrected chi connectivity index (χ3v) is 2.06. The van der Waals surface area contributed by atoms with Crippen molar-refractivity contribution in [2.24, 2.45) is 0 Å². The Bertz CT molecular complexity index is 290. The highest BCUT2D eigenvalue weighted by Gasteiger charge is 1.98. The summed E-state index contributed by atoms with van der Waals surface area (Å²) in [7, 11) is 0. The van der Waals surface area contributed by atoms with E-state index in [0.717, 1.165) is 18.7 Å². The third-order valence-electron chi connectivity index (χ3n) is 2.06. The zero-order valence-corrected chi connectivity index (χ0v) is 10.7. The van der Waals surface area contributed by atoms with Gasteiger partial charge in [-0.25, -0.2) is 4.39 Å². The molecule has 0 fully saturated rings. The zero-order chi connectivity index (χ0) is 12.4. The number of hydrogen-bond donors (Lipinski definition) is 0. The van der Waals surface area contributed by atoms with Gasteiger partial charge in [0.05, 0.1) is 0 Å². The lowest BCUT2D eigenvalue weighted by molar-refractivity contribution is 0.389. The molecule has 0 saturated heterocycles. The van der Waals surface area contributed by atoms with Crippen LogP contribution in [-0.4, -0.2) is 11.4 Å². The predicted octanol–water partition coefficient (Wildman–Crippen LogP) is 4.21. The molecule has 0 atom stereocenters. The quantitative estimate of drug-likeness (QED) is 0.739. The molecule has 2 heteroatoms. The van der Waals surface area contributed by atoms with Crippen molar-refractivity contribution in [3.05, 3.63) is 47.9 Å². The van der Waals surface area contributed by atoms with E-state index in [9.17, 15) is 4.39 Å². The predicted molar refractivity (Wildman–Crippen MR) is 68.6 cm³/mol. The molecule has 0 N–H and O–H groups in total. The molecule has 1 aromatic carbocycles. The van der Waals surface area contributed by atoms with Crippen molar-refractivity contribution in [3.8, 4) is 0 Å². The SMILES string of the molecule is C/C=C\N(CC)Cc1ccc(F)cc1.CC. The summed E-state index contributed by atoms with van der Waals surface area (Å²) in [5.74, 6) is -0.178. The maximum absolute atomic E-state index is 12.6. The summed E-state index contributed by atoms with van der Waals surface area (Å²) in [6.07, 6.45) is 4.05. The Labute approximate surface area is 98.6 Å². The largest absolute Gasteiger partial charge is 0.374 e. The molecule has 0 heterocycles.